The molecule has 0 N–H and O–H groups in total. The van der Waals surface area contributed by atoms with Crippen LogP contribution < -0.4 is 0 Å². The van der Waals surface area contributed by atoms with Crippen molar-refractivity contribution in [3.8, 4) is 0 Å². The summed E-state index contributed by atoms with van der Waals surface area (Å²) < 4.78 is 5.45. The Kier molecular flexibility index (Phi) is 3.52. The van der Waals surface area contributed by atoms with E-state index in [4.69, 9.17) is 4.43 Å². The smallest absolute Gasteiger partial charge is 0.296 e. The predicted molar refractivity (Wildman–Crippen MR) is 77.1 cm³/mol. The van der Waals surface area contributed by atoms with Crippen molar-refractivity contribution in [2.45, 2.75) is 26.1 Å². The molecule has 0 saturated carbocycles. The molecule has 94 valence electrons. The van der Waals surface area contributed by atoms with Gasteiger partial charge in [-0.25, -0.2) is 0 Å². The fourth-order valence-corrected chi connectivity index (χ4v) is 2.65. The molecule has 3 heteroatoms. The van der Waals surface area contributed by atoms with Crippen LogP contribution in [0.25, 0.3) is 10.8 Å². The molecule has 0 bridgehead atoms. The summed E-state index contributed by atoms with van der Waals surface area (Å²) in [5.74, 6) is -0.121. The number of fused-ring (bicyclic) bond motifs is 1. The number of carbonyl (C=O) groups is 1. The Morgan fingerprint density at radius 2 is 1.72 bits per heavy atom. The molecule has 0 amide bonds. The highest BCUT2D eigenvalue weighted by molar-refractivity contribution is 6.71. The van der Waals surface area contributed by atoms with Crippen molar-refractivity contribution in [1.82, 2.24) is 0 Å². The second kappa shape index (κ2) is 4.94. The average Bonchev–Trinajstić information content (AvgIpc) is 2.26. The molecular formula is C15H18O2Si. The van der Waals surface area contributed by atoms with Crippen molar-refractivity contribution in [3.63, 3.8) is 0 Å². The van der Waals surface area contributed by atoms with Crippen molar-refractivity contribution in [2.75, 3.05) is 0 Å². The third-order valence-electron chi connectivity index (χ3n) is 2.58. The van der Waals surface area contributed by atoms with Crippen LogP contribution in [0.1, 0.15) is 5.56 Å². The molecular weight excluding hydrogens is 240 g/mol. The van der Waals surface area contributed by atoms with E-state index >= 15 is 0 Å². The van der Waals surface area contributed by atoms with Crippen molar-refractivity contribution in [1.29, 1.82) is 0 Å². The van der Waals surface area contributed by atoms with Crippen LogP contribution in [0.3, 0.4) is 0 Å². The Hall–Kier alpha value is -1.61. The second-order valence-corrected chi connectivity index (χ2v) is 9.87. The summed E-state index contributed by atoms with van der Waals surface area (Å²) in [5, 5.41) is 2.36. The Labute approximate surface area is 109 Å². The molecule has 0 aromatic heterocycles. The zero-order valence-corrected chi connectivity index (χ0v) is 12.1. The van der Waals surface area contributed by atoms with Gasteiger partial charge in [0.15, 0.2) is 0 Å². The number of hydrogen-bond donors (Lipinski definition) is 0. The van der Waals surface area contributed by atoms with Crippen molar-refractivity contribution in [3.05, 3.63) is 48.0 Å². The maximum Gasteiger partial charge on any atom is 0.296 e. The van der Waals surface area contributed by atoms with E-state index in [-0.39, 0.29) is 5.97 Å². The molecule has 2 aromatic carbocycles. The van der Waals surface area contributed by atoms with Gasteiger partial charge in [0.1, 0.15) is 0 Å². The zero-order valence-electron chi connectivity index (χ0n) is 11.1. The predicted octanol–water partition coefficient (Wildman–Crippen LogP) is 3.76. The van der Waals surface area contributed by atoms with E-state index in [1.807, 2.05) is 43.9 Å². The maximum absolute atomic E-state index is 11.8. The number of benzene rings is 2. The lowest BCUT2D eigenvalue weighted by Gasteiger charge is -2.17. The van der Waals surface area contributed by atoms with Crippen LogP contribution in [0.5, 0.6) is 0 Å². The Morgan fingerprint density at radius 3 is 2.39 bits per heavy atom. The molecule has 2 aromatic rings. The second-order valence-electron chi connectivity index (χ2n) is 5.44. The first-order valence-corrected chi connectivity index (χ1v) is 9.54. The Balaban J connectivity index is 2.15. The highest BCUT2D eigenvalue weighted by Crippen LogP contribution is 2.16. The quantitative estimate of drug-likeness (QED) is 0.784. The number of rotatable bonds is 3. The van der Waals surface area contributed by atoms with E-state index in [1.54, 1.807) is 0 Å². The first kappa shape index (κ1) is 12.8. The number of hydrogen-bond acceptors (Lipinski definition) is 2. The van der Waals surface area contributed by atoms with Crippen LogP contribution in [-0.2, 0) is 15.6 Å². The summed E-state index contributed by atoms with van der Waals surface area (Å²) >= 11 is 0. The third kappa shape index (κ3) is 3.44. The van der Waals surface area contributed by atoms with Gasteiger partial charge in [-0.15, -0.1) is 0 Å². The molecule has 0 saturated heterocycles. The monoisotopic (exact) mass is 258 g/mol. The molecule has 2 nitrogen and oxygen atoms in total. The summed E-state index contributed by atoms with van der Waals surface area (Å²) in [5.41, 5.74) is 1.01. The zero-order chi connectivity index (χ0) is 13.2. The number of carbonyl (C=O) groups excluding carboxylic acids is 1. The van der Waals surface area contributed by atoms with Crippen LogP contribution in [-0.4, -0.2) is 14.3 Å². The van der Waals surface area contributed by atoms with Crippen molar-refractivity contribution in [2.24, 2.45) is 0 Å². The Bertz CT molecular complexity index is 570. The van der Waals surface area contributed by atoms with Gasteiger partial charge in [-0.1, -0.05) is 42.5 Å². The SMILES string of the molecule is C[Si](C)(C)OC(=O)Cc1ccc2ccccc2c1. The minimum atomic E-state index is -1.78. The van der Waals surface area contributed by atoms with E-state index in [2.05, 4.69) is 18.2 Å². The molecule has 0 unspecified atom stereocenters. The van der Waals surface area contributed by atoms with Gasteiger partial charge in [0.05, 0.1) is 6.42 Å². The fraction of sp³-hybridized carbons (Fsp3) is 0.267. The van der Waals surface area contributed by atoms with Crippen molar-refractivity contribution < 1.29 is 9.22 Å². The van der Waals surface area contributed by atoms with Crippen LogP contribution in [0, 0.1) is 0 Å². The van der Waals surface area contributed by atoms with Gasteiger partial charge >= 0.3 is 0 Å². The van der Waals surface area contributed by atoms with Gasteiger partial charge in [-0.05, 0) is 36.0 Å². The molecule has 0 aliphatic rings. The van der Waals surface area contributed by atoms with Crippen LogP contribution in [0.2, 0.25) is 19.6 Å². The minimum Gasteiger partial charge on any atom is -0.520 e. The fourth-order valence-electron chi connectivity index (χ4n) is 1.89. The summed E-state index contributed by atoms with van der Waals surface area (Å²) in [6.45, 7) is 6.06. The van der Waals surface area contributed by atoms with E-state index in [0.717, 1.165) is 10.9 Å². The lowest BCUT2D eigenvalue weighted by molar-refractivity contribution is -0.134. The largest absolute Gasteiger partial charge is 0.520 e. The highest BCUT2D eigenvalue weighted by atomic mass is 28.4. The Morgan fingerprint density at radius 1 is 1.06 bits per heavy atom. The maximum atomic E-state index is 11.8. The molecule has 0 atom stereocenters. The molecule has 0 fully saturated rings. The normalized spacial score (nSPS) is 11.5. The molecule has 0 radical (unpaired) electrons. The van der Waals surface area contributed by atoms with Gasteiger partial charge in [0.25, 0.3) is 5.97 Å². The lowest BCUT2D eigenvalue weighted by Crippen LogP contribution is -2.29. The molecule has 0 heterocycles. The molecule has 0 spiro atoms. The van der Waals surface area contributed by atoms with E-state index in [9.17, 15) is 4.79 Å². The highest BCUT2D eigenvalue weighted by Gasteiger charge is 2.19. The summed E-state index contributed by atoms with van der Waals surface area (Å²) in [4.78, 5) is 11.8. The van der Waals surface area contributed by atoms with E-state index in [1.165, 1.54) is 5.39 Å². The lowest BCUT2D eigenvalue weighted by atomic mass is 10.1. The van der Waals surface area contributed by atoms with Crippen molar-refractivity contribution >= 4 is 25.1 Å². The topological polar surface area (TPSA) is 26.3 Å². The molecule has 2 rings (SSSR count). The van der Waals surface area contributed by atoms with Gasteiger partial charge in [0.2, 0.25) is 8.32 Å². The van der Waals surface area contributed by atoms with Crippen LogP contribution in [0.4, 0.5) is 0 Å². The van der Waals surface area contributed by atoms with E-state index < -0.39 is 8.32 Å². The molecule has 0 aliphatic carbocycles. The van der Waals surface area contributed by atoms with Crippen LogP contribution >= 0.6 is 0 Å². The minimum absolute atomic E-state index is 0.121. The van der Waals surface area contributed by atoms with Gasteiger partial charge in [-0.2, -0.15) is 0 Å². The summed E-state index contributed by atoms with van der Waals surface area (Å²) in [6.07, 6.45) is 0.356. The summed E-state index contributed by atoms with van der Waals surface area (Å²) in [6, 6.07) is 14.2. The first-order chi connectivity index (χ1) is 8.44. The molecule has 18 heavy (non-hydrogen) atoms. The first-order valence-electron chi connectivity index (χ1n) is 6.13. The van der Waals surface area contributed by atoms with Gasteiger partial charge in [-0.3, -0.25) is 4.79 Å². The van der Waals surface area contributed by atoms with Crippen LogP contribution in [0.15, 0.2) is 42.5 Å². The third-order valence-corrected chi connectivity index (χ3v) is 3.42. The van der Waals surface area contributed by atoms with Gasteiger partial charge < -0.3 is 4.43 Å². The summed E-state index contributed by atoms with van der Waals surface area (Å²) in [7, 11) is -1.78. The average molecular weight is 258 g/mol. The standard InChI is InChI=1S/C15H18O2Si/c1-18(2,3)17-15(16)11-12-8-9-13-6-4-5-7-14(13)10-12/h4-10H,11H2,1-3H3. The van der Waals surface area contributed by atoms with E-state index in [0.29, 0.717) is 6.42 Å². The molecule has 0 aliphatic heterocycles. The van der Waals surface area contributed by atoms with Gasteiger partial charge in [0, 0.05) is 0 Å².